The van der Waals surface area contributed by atoms with Gasteiger partial charge in [0.1, 0.15) is 0 Å². The smallest absolute Gasteiger partial charge is 0.210 e. The SMILES string of the molecule is CC(C)SN=C=O. The Morgan fingerprint density at radius 2 is 2.29 bits per heavy atom. The zero-order valence-corrected chi connectivity index (χ0v) is 5.16. The lowest BCUT2D eigenvalue weighted by Gasteiger charge is -1.89. The molecule has 0 rings (SSSR count). The van der Waals surface area contributed by atoms with Crippen LogP contribution in [0, 0.1) is 0 Å². The molecule has 0 spiro atoms. The third-order valence-corrected chi connectivity index (χ3v) is 0.902. The first-order valence-corrected chi connectivity index (χ1v) is 2.84. The molecule has 0 saturated heterocycles. The lowest BCUT2D eigenvalue weighted by atomic mass is 10.6. The third kappa shape index (κ3) is 5.73. The topological polar surface area (TPSA) is 29.4 Å². The summed E-state index contributed by atoms with van der Waals surface area (Å²) < 4.78 is 3.28. The number of nitrogens with zero attached hydrogens (tertiary/aromatic N) is 1. The third-order valence-electron chi connectivity index (χ3n) is 0.301. The molecule has 0 aliphatic heterocycles. The molecule has 0 aromatic rings. The summed E-state index contributed by atoms with van der Waals surface area (Å²) in [7, 11) is 0. The van der Waals surface area contributed by atoms with Gasteiger partial charge in [0.2, 0.25) is 6.08 Å². The molecule has 0 aliphatic rings. The Morgan fingerprint density at radius 1 is 1.71 bits per heavy atom. The summed E-state index contributed by atoms with van der Waals surface area (Å²) in [4.78, 5) is 9.40. The zero-order valence-electron chi connectivity index (χ0n) is 4.34. The van der Waals surface area contributed by atoms with E-state index in [4.69, 9.17) is 0 Å². The molecule has 0 radical (unpaired) electrons. The summed E-state index contributed by atoms with van der Waals surface area (Å²) in [5.74, 6) is 0. The summed E-state index contributed by atoms with van der Waals surface area (Å²) in [5.41, 5.74) is 0. The average Bonchev–Trinajstić information content (AvgIpc) is 1.61. The summed E-state index contributed by atoms with van der Waals surface area (Å²) >= 11 is 1.23. The Morgan fingerprint density at radius 3 is 2.43 bits per heavy atom. The van der Waals surface area contributed by atoms with Gasteiger partial charge in [-0.2, -0.15) is 0 Å². The Labute approximate surface area is 47.1 Å². The zero-order chi connectivity index (χ0) is 5.70. The van der Waals surface area contributed by atoms with Gasteiger partial charge in [0, 0.05) is 5.25 Å². The quantitative estimate of drug-likeness (QED) is 0.310. The second-order valence-electron chi connectivity index (χ2n) is 1.34. The molecule has 0 amide bonds. The van der Waals surface area contributed by atoms with Gasteiger partial charge >= 0.3 is 0 Å². The molecule has 2 nitrogen and oxygen atoms in total. The van der Waals surface area contributed by atoms with E-state index >= 15 is 0 Å². The fourth-order valence-corrected chi connectivity index (χ4v) is 0.381. The van der Waals surface area contributed by atoms with Crippen molar-refractivity contribution in [2.24, 2.45) is 4.40 Å². The van der Waals surface area contributed by atoms with Crippen molar-refractivity contribution in [2.75, 3.05) is 0 Å². The molecule has 0 unspecified atom stereocenters. The molecule has 0 fully saturated rings. The molecule has 0 heterocycles. The molecule has 40 valence electrons. The lowest BCUT2D eigenvalue weighted by molar-refractivity contribution is 0.566. The number of carbonyl (C=O) groups excluding carboxylic acids is 1. The van der Waals surface area contributed by atoms with Crippen molar-refractivity contribution in [3.63, 3.8) is 0 Å². The molecule has 7 heavy (non-hydrogen) atoms. The number of hydrogen-bond donors (Lipinski definition) is 0. The Hall–Kier alpha value is -0.270. The van der Waals surface area contributed by atoms with E-state index in [1.54, 1.807) is 0 Å². The minimum absolute atomic E-state index is 0.390. The van der Waals surface area contributed by atoms with Gasteiger partial charge in [-0.15, -0.1) is 4.40 Å². The Balaban J connectivity index is 3.13. The van der Waals surface area contributed by atoms with E-state index in [1.165, 1.54) is 18.0 Å². The number of isocyanates is 1. The van der Waals surface area contributed by atoms with Gasteiger partial charge in [-0.25, -0.2) is 4.79 Å². The van der Waals surface area contributed by atoms with Crippen molar-refractivity contribution >= 4 is 18.0 Å². The molecule has 0 N–H and O–H groups in total. The van der Waals surface area contributed by atoms with Gasteiger partial charge in [-0.3, -0.25) is 0 Å². The molecule has 0 aliphatic carbocycles. The molecule has 0 bridgehead atoms. The van der Waals surface area contributed by atoms with Gasteiger partial charge < -0.3 is 0 Å². The van der Waals surface area contributed by atoms with Gasteiger partial charge in [0.15, 0.2) is 0 Å². The number of hydrogen-bond acceptors (Lipinski definition) is 3. The summed E-state index contributed by atoms with van der Waals surface area (Å²) in [5, 5.41) is 0.390. The van der Waals surface area contributed by atoms with Crippen molar-refractivity contribution in [1.29, 1.82) is 0 Å². The van der Waals surface area contributed by atoms with E-state index < -0.39 is 0 Å². The van der Waals surface area contributed by atoms with E-state index in [0.717, 1.165) is 0 Å². The maximum atomic E-state index is 9.40. The van der Waals surface area contributed by atoms with Crippen LogP contribution in [0.5, 0.6) is 0 Å². The molecular weight excluding hydrogens is 110 g/mol. The standard InChI is InChI=1S/C4H7NOS/c1-4(2)7-5-3-6/h4H,1-2H3. The minimum Gasteiger partial charge on any atom is -0.210 e. The van der Waals surface area contributed by atoms with E-state index in [1.807, 2.05) is 13.8 Å². The number of rotatable bonds is 2. The highest BCUT2D eigenvalue weighted by Crippen LogP contribution is 2.07. The molecule has 0 aromatic carbocycles. The highest BCUT2D eigenvalue weighted by Gasteiger charge is 1.86. The van der Waals surface area contributed by atoms with Crippen LogP contribution in [0.15, 0.2) is 4.40 Å². The second kappa shape index (κ2) is 3.90. The first-order valence-electron chi connectivity index (χ1n) is 2.00. The maximum absolute atomic E-state index is 9.40. The van der Waals surface area contributed by atoms with Gasteiger partial charge in [-0.05, 0) is 11.9 Å². The van der Waals surface area contributed by atoms with E-state index in [0.29, 0.717) is 5.25 Å². The van der Waals surface area contributed by atoms with E-state index in [-0.39, 0.29) is 0 Å². The van der Waals surface area contributed by atoms with Crippen LogP contribution in [0.2, 0.25) is 0 Å². The van der Waals surface area contributed by atoms with E-state index in [9.17, 15) is 4.79 Å². The van der Waals surface area contributed by atoms with E-state index in [2.05, 4.69) is 4.40 Å². The van der Waals surface area contributed by atoms with Crippen LogP contribution in [-0.2, 0) is 4.79 Å². The van der Waals surface area contributed by atoms with Crippen LogP contribution in [0.4, 0.5) is 0 Å². The van der Waals surface area contributed by atoms with Crippen molar-refractivity contribution in [3.05, 3.63) is 0 Å². The van der Waals surface area contributed by atoms with Gasteiger partial charge in [0.05, 0.1) is 0 Å². The van der Waals surface area contributed by atoms with Gasteiger partial charge in [-0.1, -0.05) is 13.8 Å². The van der Waals surface area contributed by atoms with Crippen molar-refractivity contribution in [1.82, 2.24) is 0 Å². The largest absolute Gasteiger partial charge is 0.247 e. The van der Waals surface area contributed by atoms with Crippen molar-refractivity contribution in [2.45, 2.75) is 19.1 Å². The highest BCUT2D eigenvalue weighted by atomic mass is 32.2. The maximum Gasteiger partial charge on any atom is 0.247 e. The molecule has 3 heteroatoms. The van der Waals surface area contributed by atoms with Crippen LogP contribution >= 0.6 is 11.9 Å². The second-order valence-corrected chi connectivity index (χ2v) is 2.67. The molecular formula is C4H7NOS. The van der Waals surface area contributed by atoms with Crippen LogP contribution in [0.1, 0.15) is 13.8 Å². The van der Waals surface area contributed by atoms with Crippen LogP contribution in [0.25, 0.3) is 0 Å². The van der Waals surface area contributed by atoms with Crippen LogP contribution in [0.3, 0.4) is 0 Å². The van der Waals surface area contributed by atoms with Crippen LogP contribution in [-0.4, -0.2) is 11.3 Å². The monoisotopic (exact) mass is 117 g/mol. The first kappa shape index (κ1) is 6.73. The molecule has 0 aromatic heterocycles. The Bertz CT molecular complexity index is 85.7. The normalized spacial score (nSPS) is 8.43. The minimum atomic E-state index is 0.390. The van der Waals surface area contributed by atoms with Crippen molar-refractivity contribution < 1.29 is 4.79 Å². The summed E-state index contributed by atoms with van der Waals surface area (Å²) in [6, 6.07) is 0. The predicted octanol–water partition coefficient (Wildman–Crippen LogP) is 1.38. The average molecular weight is 117 g/mol. The predicted molar refractivity (Wildman–Crippen MR) is 30.8 cm³/mol. The van der Waals surface area contributed by atoms with Gasteiger partial charge in [0.25, 0.3) is 0 Å². The highest BCUT2D eigenvalue weighted by molar-refractivity contribution is 7.98. The first-order chi connectivity index (χ1) is 3.27. The molecule has 0 atom stereocenters. The lowest BCUT2D eigenvalue weighted by Crippen LogP contribution is -1.79. The Kier molecular flexibility index (Phi) is 3.75. The fourth-order valence-electron chi connectivity index (χ4n) is 0.127. The summed E-state index contributed by atoms with van der Waals surface area (Å²) in [6.45, 7) is 3.93. The summed E-state index contributed by atoms with van der Waals surface area (Å²) in [6.07, 6.45) is 1.44. The van der Waals surface area contributed by atoms with Crippen LogP contribution < -0.4 is 0 Å². The molecule has 0 saturated carbocycles. The van der Waals surface area contributed by atoms with Crippen molar-refractivity contribution in [3.8, 4) is 0 Å². The fraction of sp³-hybridized carbons (Fsp3) is 0.750.